The van der Waals surface area contributed by atoms with Gasteiger partial charge in [0.1, 0.15) is 38.8 Å². The molecule has 7 nitrogen and oxygen atoms in total. The van der Waals surface area contributed by atoms with Crippen LogP contribution >= 0.6 is 0 Å². The second-order valence-electron chi connectivity index (χ2n) is 7.05. The lowest BCUT2D eigenvalue weighted by Gasteiger charge is -2.29. The third-order valence-corrected chi connectivity index (χ3v) is 5.06. The van der Waals surface area contributed by atoms with Crippen LogP contribution in [0.15, 0.2) is 42.6 Å². The fraction of sp³-hybridized carbons (Fsp3) is 0.476. The topological polar surface area (TPSA) is 69.7 Å². The lowest BCUT2D eigenvalue weighted by molar-refractivity contribution is -0.903. The van der Waals surface area contributed by atoms with Gasteiger partial charge in [0, 0.05) is 6.07 Å². The third-order valence-electron chi connectivity index (χ3n) is 5.06. The SMILES string of the molecule is COc1ccc(COC[C@H](O)C[NH+]2CCN(c3cccc[nH+]3)CC2)cc1OC. The van der Waals surface area contributed by atoms with Crippen LogP contribution in [0.2, 0.25) is 0 Å². The van der Waals surface area contributed by atoms with Crippen LogP contribution < -0.4 is 24.3 Å². The van der Waals surface area contributed by atoms with Gasteiger partial charge in [0.15, 0.2) is 11.5 Å². The van der Waals surface area contributed by atoms with E-state index in [1.54, 1.807) is 14.2 Å². The first-order chi connectivity index (χ1) is 13.7. The fourth-order valence-electron chi connectivity index (χ4n) is 3.52. The van der Waals surface area contributed by atoms with E-state index in [1.165, 1.54) is 4.90 Å². The lowest BCUT2D eigenvalue weighted by Crippen LogP contribution is -3.16. The van der Waals surface area contributed by atoms with E-state index in [0.29, 0.717) is 31.3 Å². The molecule has 1 aliphatic heterocycles. The van der Waals surface area contributed by atoms with E-state index in [9.17, 15) is 5.11 Å². The number of piperazine rings is 1. The molecule has 2 heterocycles. The Morgan fingerprint density at radius 1 is 1.11 bits per heavy atom. The Morgan fingerprint density at radius 3 is 2.57 bits per heavy atom. The molecular weight excluding hydrogens is 358 g/mol. The van der Waals surface area contributed by atoms with E-state index in [1.807, 2.05) is 36.5 Å². The molecule has 1 fully saturated rings. The summed E-state index contributed by atoms with van der Waals surface area (Å²) in [6.45, 7) is 5.45. The number of nitrogens with zero attached hydrogens (tertiary/aromatic N) is 1. The van der Waals surface area contributed by atoms with E-state index in [0.717, 1.165) is 37.6 Å². The van der Waals surface area contributed by atoms with E-state index in [2.05, 4.69) is 16.0 Å². The van der Waals surface area contributed by atoms with E-state index in [4.69, 9.17) is 14.2 Å². The highest BCUT2D eigenvalue weighted by molar-refractivity contribution is 5.42. The summed E-state index contributed by atoms with van der Waals surface area (Å²) in [5, 5.41) is 10.3. The normalized spacial score (nSPS) is 16.0. The summed E-state index contributed by atoms with van der Waals surface area (Å²) in [5.41, 5.74) is 0.991. The number of nitrogens with one attached hydrogen (secondary N) is 2. The van der Waals surface area contributed by atoms with Crippen molar-refractivity contribution in [1.29, 1.82) is 0 Å². The Bertz CT molecular complexity index is 721. The zero-order valence-electron chi connectivity index (χ0n) is 16.7. The van der Waals surface area contributed by atoms with Crippen molar-refractivity contribution >= 4 is 5.82 Å². The number of methoxy groups -OCH3 is 2. The zero-order valence-corrected chi connectivity index (χ0v) is 16.7. The molecule has 2 aromatic rings. The second-order valence-corrected chi connectivity index (χ2v) is 7.05. The molecule has 1 aromatic heterocycles. The summed E-state index contributed by atoms with van der Waals surface area (Å²) in [5.74, 6) is 2.53. The average Bonchev–Trinajstić information content (AvgIpc) is 2.74. The number of hydrogen-bond acceptors (Lipinski definition) is 5. The minimum absolute atomic E-state index is 0.327. The van der Waals surface area contributed by atoms with Crippen molar-refractivity contribution in [3.8, 4) is 11.5 Å². The number of aliphatic hydroxyl groups excluding tert-OH is 1. The number of aliphatic hydroxyl groups is 1. The van der Waals surface area contributed by atoms with Crippen molar-refractivity contribution < 1.29 is 29.2 Å². The maximum absolute atomic E-state index is 10.3. The van der Waals surface area contributed by atoms with Crippen LogP contribution in [-0.4, -0.2) is 64.8 Å². The Balaban J connectivity index is 1.38. The number of rotatable bonds is 9. The molecule has 28 heavy (non-hydrogen) atoms. The van der Waals surface area contributed by atoms with Crippen LogP contribution in [0.25, 0.3) is 0 Å². The predicted octanol–water partition coefficient (Wildman–Crippen LogP) is -0.199. The van der Waals surface area contributed by atoms with Gasteiger partial charge in [-0.05, 0) is 23.8 Å². The molecule has 1 saturated heterocycles. The summed E-state index contributed by atoms with van der Waals surface area (Å²) in [6, 6.07) is 11.8. The maximum atomic E-state index is 10.3. The molecule has 0 bridgehead atoms. The van der Waals surface area contributed by atoms with Gasteiger partial charge < -0.3 is 24.2 Å². The molecule has 3 N–H and O–H groups in total. The number of quaternary nitrogens is 1. The van der Waals surface area contributed by atoms with E-state index in [-0.39, 0.29) is 0 Å². The van der Waals surface area contributed by atoms with Crippen LogP contribution in [0.1, 0.15) is 5.56 Å². The smallest absolute Gasteiger partial charge is 0.274 e. The Morgan fingerprint density at radius 2 is 1.89 bits per heavy atom. The van der Waals surface area contributed by atoms with Gasteiger partial charge in [0.25, 0.3) is 5.82 Å². The molecular formula is C21H31N3O4+2. The first-order valence-electron chi connectivity index (χ1n) is 9.71. The van der Waals surface area contributed by atoms with E-state index < -0.39 is 6.10 Å². The molecule has 0 amide bonds. The summed E-state index contributed by atoms with van der Waals surface area (Å²) >= 11 is 0. The fourth-order valence-corrected chi connectivity index (χ4v) is 3.52. The van der Waals surface area contributed by atoms with Crippen LogP contribution in [0.5, 0.6) is 11.5 Å². The van der Waals surface area contributed by atoms with Gasteiger partial charge in [-0.3, -0.25) is 4.90 Å². The molecule has 152 valence electrons. The molecule has 0 aliphatic carbocycles. The van der Waals surface area contributed by atoms with Gasteiger partial charge in [-0.1, -0.05) is 12.1 Å². The minimum atomic E-state index is -0.468. The van der Waals surface area contributed by atoms with Crippen molar-refractivity contribution in [3.63, 3.8) is 0 Å². The van der Waals surface area contributed by atoms with Crippen molar-refractivity contribution in [1.82, 2.24) is 0 Å². The number of anilines is 1. The molecule has 0 saturated carbocycles. The highest BCUT2D eigenvalue weighted by Gasteiger charge is 2.27. The molecule has 1 aromatic carbocycles. The van der Waals surface area contributed by atoms with E-state index >= 15 is 0 Å². The first kappa shape index (κ1) is 20.4. The largest absolute Gasteiger partial charge is 0.493 e. The van der Waals surface area contributed by atoms with Crippen molar-refractivity contribution in [2.75, 3.05) is 58.5 Å². The standard InChI is InChI=1S/C21H29N3O4/c1-26-19-7-6-17(13-20(19)27-2)15-28-16-18(25)14-23-9-11-24(12-10-23)21-5-3-4-8-22-21/h3-8,13,18,25H,9-12,14-16H2,1-2H3/p+2/t18-/m1/s1. The van der Waals surface area contributed by atoms with Gasteiger partial charge in [-0.25, -0.2) is 4.98 Å². The molecule has 7 heteroatoms. The van der Waals surface area contributed by atoms with Crippen LogP contribution in [-0.2, 0) is 11.3 Å². The van der Waals surface area contributed by atoms with Gasteiger partial charge in [-0.15, -0.1) is 0 Å². The van der Waals surface area contributed by atoms with Crippen LogP contribution in [0.3, 0.4) is 0 Å². The summed E-state index contributed by atoms with van der Waals surface area (Å²) in [4.78, 5) is 7.05. The van der Waals surface area contributed by atoms with Crippen LogP contribution in [0, 0.1) is 0 Å². The number of pyridine rings is 1. The van der Waals surface area contributed by atoms with Crippen molar-refractivity contribution in [3.05, 3.63) is 48.2 Å². The van der Waals surface area contributed by atoms with Gasteiger partial charge in [0.2, 0.25) is 0 Å². The molecule has 0 spiro atoms. The molecule has 1 atom stereocenters. The number of aromatic nitrogens is 1. The third kappa shape index (κ3) is 5.58. The Hall–Kier alpha value is -2.35. The Kier molecular flexibility index (Phi) is 7.47. The summed E-state index contributed by atoms with van der Waals surface area (Å²) < 4.78 is 16.3. The lowest BCUT2D eigenvalue weighted by atomic mass is 10.2. The maximum Gasteiger partial charge on any atom is 0.274 e. The zero-order chi connectivity index (χ0) is 19.8. The molecule has 0 unspecified atom stereocenters. The summed E-state index contributed by atoms with van der Waals surface area (Å²) in [7, 11) is 3.23. The van der Waals surface area contributed by atoms with Crippen molar-refractivity contribution in [2.24, 2.45) is 0 Å². The van der Waals surface area contributed by atoms with Gasteiger partial charge >= 0.3 is 0 Å². The quantitative estimate of drug-likeness (QED) is 0.622. The average molecular weight is 389 g/mol. The minimum Gasteiger partial charge on any atom is -0.493 e. The molecule has 3 rings (SSSR count). The number of ether oxygens (including phenoxy) is 3. The highest BCUT2D eigenvalue weighted by atomic mass is 16.5. The second kappa shape index (κ2) is 10.3. The first-order valence-corrected chi connectivity index (χ1v) is 9.71. The summed E-state index contributed by atoms with van der Waals surface area (Å²) in [6.07, 6.45) is 1.48. The Labute approximate surface area is 166 Å². The van der Waals surface area contributed by atoms with Gasteiger partial charge in [0.05, 0.1) is 33.6 Å². The number of hydrogen-bond donors (Lipinski definition) is 2. The molecule has 0 radical (unpaired) electrons. The monoisotopic (exact) mass is 389 g/mol. The van der Waals surface area contributed by atoms with Crippen LogP contribution in [0.4, 0.5) is 5.82 Å². The number of aromatic amines is 1. The van der Waals surface area contributed by atoms with Gasteiger partial charge in [-0.2, -0.15) is 0 Å². The number of benzene rings is 1. The van der Waals surface area contributed by atoms with Crippen molar-refractivity contribution in [2.45, 2.75) is 12.7 Å². The highest BCUT2D eigenvalue weighted by Crippen LogP contribution is 2.27. The number of H-pyrrole nitrogens is 1. The predicted molar refractivity (Wildman–Crippen MR) is 106 cm³/mol. The molecule has 1 aliphatic rings.